The second-order valence-corrected chi connectivity index (χ2v) is 6.29. The molecule has 3 saturated carbocycles. The van der Waals surface area contributed by atoms with Crippen molar-refractivity contribution >= 4 is 21.5 Å². The molecule has 3 nitrogen and oxygen atoms in total. The normalized spacial score (nSPS) is 45.5. The number of nitrogens with two attached hydrogens (primary N) is 1. The average molecular weight is 221 g/mol. The molecular formula is C11H15N3S. The molecule has 15 heavy (non-hydrogen) atoms. The average Bonchev–Trinajstić information content (AvgIpc) is 2.62. The van der Waals surface area contributed by atoms with Crippen LogP contribution in [0.1, 0.15) is 19.3 Å². The minimum Gasteiger partial charge on any atom is -0.389 e. The Kier molecular flexibility index (Phi) is 1.49. The van der Waals surface area contributed by atoms with Crippen molar-refractivity contribution < 1.29 is 0 Å². The maximum Gasteiger partial charge on any atom is 0.184 e. The lowest BCUT2D eigenvalue weighted by atomic mass is 10.0. The summed E-state index contributed by atoms with van der Waals surface area (Å²) in [4.78, 5) is 4.28. The molecule has 3 fully saturated rings. The summed E-state index contributed by atoms with van der Waals surface area (Å²) in [7, 11) is 0. The number of fused-ring (bicyclic) bond motifs is 5. The molecule has 0 radical (unpaired) electrons. The van der Waals surface area contributed by atoms with E-state index in [0.717, 1.165) is 39.8 Å². The quantitative estimate of drug-likeness (QED) is 0.804. The van der Waals surface area contributed by atoms with Crippen molar-refractivity contribution in [2.75, 3.05) is 11.1 Å². The Hall–Kier alpha value is -0.770. The Bertz CT molecular complexity index is 386. The van der Waals surface area contributed by atoms with Crippen molar-refractivity contribution in [3.63, 3.8) is 0 Å². The number of rotatable bonds is 2. The van der Waals surface area contributed by atoms with E-state index in [1.54, 1.807) is 17.5 Å². The fourth-order valence-electron chi connectivity index (χ4n) is 4.01. The van der Waals surface area contributed by atoms with E-state index >= 15 is 0 Å². The van der Waals surface area contributed by atoms with Crippen LogP contribution in [0.25, 0.3) is 0 Å². The van der Waals surface area contributed by atoms with Crippen molar-refractivity contribution in [3.05, 3.63) is 6.20 Å². The van der Waals surface area contributed by atoms with Gasteiger partial charge in [-0.3, -0.25) is 0 Å². The highest BCUT2D eigenvalue weighted by atomic mass is 32.1. The zero-order chi connectivity index (χ0) is 9.99. The van der Waals surface area contributed by atoms with E-state index < -0.39 is 0 Å². The van der Waals surface area contributed by atoms with Gasteiger partial charge in [-0.05, 0) is 42.9 Å². The molecule has 0 amide bonds. The van der Waals surface area contributed by atoms with Crippen LogP contribution < -0.4 is 11.1 Å². The minimum atomic E-state index is 0.724. The van der Waals surface area contributed by atoms with Crippen LogP contribution in [0, 0.1) is 23.7 Å². The molecule has 0 aromatic carbocycles. The second kappa shape index (κ2) is 2.67. The lowest BCUT2D eigenvalue weighted by Gasteiger charge is -2.08. The van der Waals surface area contributed by atoms with Gasteiger partial charge in [0.25, 0.3) is 0 Å². The van der Waals surface area contributed by atoms with Gasteiger partial charge in [0.15, 0.2) is 5.13 Å². The van der Waals surface area contributed by atoms with E-state index in [9.17, 15) is 0 Å². The summed E-state index contributed by atoms with van der Waals surface area (Å²) in [6, 6.07) is 0.724. The predicted octanol–water partition coefficient (Wildman–Crippen LogP) is 2.18. The fourth-order valence-corrected chi connectivity index (χ4v) is 4.64. The second-order valence-electron chi connectivity index (χ2n) is 5.23. The summed E-state index contributed by atoms with van der Waals surface area (Å²) in [5.41, 5.74) is 5.67. The maximum absolute atomic E-state index is 5.67. The van der Waals surface area contributed by atoms with Gasteiger partial charge in [0.05, 0.1) is 6.20 Å². The highest BCUT2D eigenvalue weighted by Crippen LogP contribution is 2.66. The topological polar surface area (TPSA) is 50.9 Å². The van der Waals surface area contributed by atoms with E-state index in [2.05, 4.69) is 10.3 Å². The molecule has 1 heterocycles. The Morgan fingerprint density at radius 1 is 1.33 bits per heavy atom. The molecule has 3 N–H and O–H groups in total. The number of nitrogens with zero attached hydrogens (tertiary/aromatic N) is 1. The van der Waals surface area contributed by atoms with Gasteiger partial charge in [0.2, 0.25) is 0 Å². The Labute approximate surface area is 93.1 Å². The van der Waals surface area contributed by atoms with Crippen LogP contribution >= 0.6 is 11.3 Å². The van der Waals surface area contributed by atoms with Gasteiger partial charge in [-0.15, -0.1) is 0 Å². The number of aromatic nitrogens is 1. The molecule has 0 aliphatic heterocycles. The SMILES string of the molecule is Nc1cnc(NC2C3C4CCC(C4)C23)s1. The number of anilines is 2. The Morgan fingerprint density at radius 3 is 2.67 bits per heavy atom. The van der Waals surface area contributed by atoms with E-state index in [0.29, 0.717) is 0 Å². The number of thiazole rings is 1. The first-order valence-electron chi connectivity index (χ1n) is 5.81. The number of hydrogen-bond acceptors (Lipinski definition) is 4. The fraction of sp³-hybridized carbons (Fsp3) is 0.727. The zero-order valence-corrected chi connectivity index (χ0v) is 9.33. The largest absolute Gasteiger partial charge is 0.389 e. The Morgan fingerprint density at radius 2 is 2.07 bits per heavy atom. The molecule has 1 aromatic rings. The summed E-state index contributed by atoms with van der Waals surface area (Å²) >= 11 is 1.57. The van der Waals surface area contributed by atoms with Crippen LogP contribution in [0.4, 0.5) is 10.1 Å². The third kappa shape index (κ3) is 1.08. The molecule has 3 aliphatic carbocycles. The van der Waals surface area contributed by atoms with Gasteiger partial charge in [-0.1, -0.05) is 11.3 Å². The van der Waals surface area contributed by atoms with Crippen LogP contribution in [-0.2, 0) is 0 Å². The Balaban J connectivity index is 1.50. The molecule has 2 bridgehead atoms. The lowest BCUT2D eigenvalue weighted by molar-refractivity contribution is 0.456. The van der Waals surface area contributed by atoms with Gasteiger partial charge < -0.3 is 11.1 Å². The van der Waals surface area contributed by atoms with Gasteiger partial charge in [-0.25, -0.2) is 4.98 Å². The summed E-state index contributed by atoms with van der Waals surface area (Å²) in [6.45, 7) is 0. The maximum atomic E-state index is 5.67. The molecule has 3 aliphatic rings. The van der Waals surface area contributed by atoms with Crippen molar-refractivity contribution in [3.8, 4) is 0 Å². The molecule has 4 heteroatoms. The van der Waals surface area contributed by atoms with Gasteiger partial charge >= 0.3 is 0 Å². The molecular weight excluding hydrogens is 206 g/mol. The molecule has 4 rings (SSSR count). The van der Waals surface area contributed by atoms with Crippen molar-refractivity contribution in [2.45, 2.75) is 25.3 Å². The standard InChI is InChI=1S/C11H15N3S/c12-7-4-13-11(15-7)14-10-8-5-1-2-6(3-5)9(8)10/h4-6,8-10H,1-3,12H2,(H,13,14). The van der Waals surface area contributed by atoms with E-state index in [4.69, 9.17) is 5.73 Å². The first-order valence-corrected chi connectivity index (χ1v) is 6.62. The van der Waals surface area contributed by atoms with E-state index in [1.165, 1.54) is 19.3 Å². The smallest absolute Gasteiger partial charge is 0.184 e. The first kappa shape index (κ1) is 8.39. The van der Waals surface area contributed by atoms with Gasteiger partial charge in [0, 0.05) is 6.04 Å². The van der Waals surface area contributed by atoms with Crippen molar-refractivity contribution in [2.24, 2.45) is 23.7 Å². The molecule has 1 aromatic heterocycles. The number of nitrogen functional groups attached to an aromatic ring is 1. The lowest BCUT2D eigenvalue weighted by Crippen LogP contribution is -2.12. The highest BCUT2D eigenvalue weighted by Gasteiger charge is 2.65. The van der Waals surface area contributed by atoms with Gasteiger partial charge in [-0.2, -0.15) is 0 Å². The van der Waals surface area contributed by atoms with Crippen molar-refractivity contribution in [1.82, 2.24) is 4.98 Å². The third-order valence-corrected chi connectivity index (χ3v) is 5.31. The summed E-state index contributed by atoms with van der Waals surface area (Å²) in [6.07, 6.45) is 6.21. The number of nitrogens with one attached hydrogen (secondary N) is 1. The van der Waals surface area contributed by atoms with Crippen LogP contribution in [0.2, 0.25) is 0 Å². The highest BCUT2D eigenvalue weighted by molar-refractivity contribution is 7.19. The molecule has 0 saturated heterocycles. The van der Waals surface area contributed by atoms with Gasteiger partial charge in [0.1, 0.15) is 5.00 Å². The monoisotopic (exact) mass is 221 g/mol. The molecule has 4 unspecified atom stereocenters. The van der Waals surface area contributed by atoms with Crippen LogP contribution in [0.3, 0.4) is 0 Å². The van der Waals surface area contributed by atoms with Crippen LogP contribution in [0.15, 0.2) is 6.20 Å². The molecule has 0 spiro atoms. The zero-order valence-electron chi connectivity index (χ0n) is 8.52. The third-order valence-electron chi connectivity index (χ3n) is 4.55. The van der Waals surface area contributed by atoms with E-state index in [-0.39, 0.29) is 0 Å². The molecule has 4 atom stereocenters. The van der Waals surface area contributed by atoms with Crippen LogP contribution in [0.5, 0.6) is 0 Å². The minimum absolute atomic E-state index is 0.724. The van der Waals surface area contributed by atoms with Crippen molar-refractivity contribution in [1.29, 1.82) is 0 Å². The predicted molar refractivity (Wildman–Crippen MR) is 61.7 cm³/mol. The first-order chi connectivity index (χ1) is 7.33. The van der Waals surface area contributed by atoms with Crippen LogP contribution in [-0.4, -0.2) is 11.0 Å². The summed E-state index contributed by atoms with van der Waals surface area (Å²) in [5, 5.41) is 5.40. The summed E-state index contributed by atoms with van der Waals surface area (Å²) < 4.78 is 0. The van der Waals surface area contributed by atoms with E-state index in [1.807, 2.05) is 0 Å². The summed E-state index contributed by atoms with van der Waals surface area (Å²) in [5.74, 6) is 3.98. The number of hydrogen-bond donors (Lipinski definition) is 2. The molecule has 80 valence electrons.